The van der Waals surface area contributed by atoms with E-state index in [0.29, 0.717) is 23.3 Å². The minimum absolute atomic E-state index is 0.0182. The number of rotatable bonds is 3. The van der Waals surface area contributed by atoms with E-state index in [1.54, 1.807) is 12.1 Å². The van der Waals surface area contributed by atoms with Crippen molar-refractivity contribution in [3.63, 3.8) is 0 Å². The van der Waals surface area contributed by atoms with Gasteiger partial charge in [-0.1, -0.05) is 12.1 Å². The van der Waals surface area contributed by atoms with Gasteiger partial charge >= 0.3 is 6.09 Å². The van der Waals surface area contributed by atoms with Crippen LogP contribution >= 0.6 is 0 Å². The molecule has 1 unspecified atom stereocenters. The number of anilines is 1. The van der Waals surface area contributed by atoms with Gasteiger partial charge in [-0.05, 0) is 62.6 Å². The van der Waals surface area contributed by atoms with Gasteiger partial charge in [0.25, 0.3) is 5.91 Å². The third-order valence-corrected chi connectivity index (χ3v) is 4.94. The summed E-state index contributed by atoms with van der Waals surface area (Å²) in [5.74, 6) is 0.269. The van der Waals surface area contributed by atoms with Gasteiger partial charge in [0.15, 0.2) is 0 Å². The predicted molar refractivity (Wildman–Crippen MR) is 114 cm³/mol. The monoisotopic (exact) mass is 407 g/mol. The summed E-state index contributed by atoms with van der Waals surface area (Å²) in [4.78, 5) is 31.6. The first kappa shape index (κ1) is 19.9. The van der Waals surface area contributed by atoms with E-state index >= 15 is 0 Å². The van der Waals surface area contributed by atoms with Crippen LogP contribution in [-0.4, -0.2) is 27.6 Å². The van der Waals surface area contributed by atoms with Crippen LogP contribution in [0, 0.1) is 0 Å². The average Bonchev–Trinajstić information content (AvgIpc) is 3.10. The van der Waals surface area contributed by atoms with E-state index in [1.165, 1.54) is 5.56 Å². The van der Waals surface area contributed by atoms with Crippen LogP contribution in [0.15, 0.2) is 36.4 Å². The van der Waals surface area contributed by atoms with Gasteiger partial charge in [0.1, 0.15) is 16.9 Å². The lowest BCUT2D eigenvalue weighted by molar-refractivity contribution is 0.0635. The van der Waals surface area contributed by atoms with Crippen molar-refractivity contribution in [2.75, 3.05) is 5.32 Å². The summed E-state index contributed by atoms with van der Waals surface area (Å²) in [5, 5.41) is 6.24. The number of carbonyl (C=O) groups excluding carboxylic acids is 2. The predicted octanol–water partition coefficient (Wildman–Crippen LogP) is 3.40. The molecule has 0 saturated carbocycles. The Labute approximate surface area is 174 Å². The Hall–Kier alpha value is -3.39. The molecule has 0 radical (unpaired) electrons. The highest BCUT2D eigenvalue weighted by molar-refractivity contribution is 6.04. The Balaban J connectivity index is 1.52. The number of carbonyl (C=O) groups is 2. The second-order valence-corrected chi connectivity index (χ2v) is 8.44. The number of benzene rings is 2. The number of ether oxygens (including phenoxy) is 1. The van der Waals surface area contributed by atoms with Crippen LogP contribution in [0.4, 0.5) is 10.5 Å². The zero-order valence-corrected chi connectivity index (χ0v) is 17.2. The van der Waals surface area contributed by atoms with Crippen molar-refractivity contribution in [1.29, 1.82) is 0 Å². The molecule has 2 aromatic carbocycles. The Morgan fingerprint density at radius 3 is 2.73 bits per heavy atom. The van der Waals surface area contributed by atoms with E-state index < -0.39 is 17.6 Å². The minimum atomic E-state index is -0.548. The number of H-pyrrole nitrogens is 1. The molecule has 2 amide bonds. The molecule has 1 aromatic heterocycles. The number of nitrogens with one attached hydrogen (secondary N) is 3. The first-order valence-corrected chi connectivity index (χ1v) is 9.83. The lowest BCUT2D eigenvalue weighted by atomic mass is 9.95. The van der Waals surface area contributed by atoms with E-state index in [-0.39, 0.29) is 6.04 Å². The van der Waals surface area contributed by atoms with Gasteiger partial charge in [0, 0.05) is 12.2 Å². The number of hydrogen-bond acceptors (Lipinski definition) is 5. The maximum Gasteiger partial charge on any atom is 0.412 e. The molecule has 4 rings (SSSR count). The fourth-order valence-electron chi connectivity index (χ4n) is 3.62. The Kier molecular flexibility index (Phi) is 4.95. The molecule has 156 valence electrons. The molecule has 0 bridgehead atoms. The quantitative estimate of drug-likeness (QED) is 0.530. The number of nitrogens with two attached hydrogens (primary N) is 1. The fourth-order valence-corrected chi connectivity index (χ4v) is 3.62. The van der Waals surface area contributed by atoms with E-state index in [4.69, 9.17) is 10.5 Å². The van der Waals surface area contributed by atoms with Crippen molar-refractivity contribution in [3.8, 4) is 0 Å². The van der Waals surface area contributed by atoms with Crippen LogP contribution in [0.25, 0.3) is 11.0 Å². The number of para-hydroxylation sites is 1. The van der Waals surface area contributed by atoms with Gasteiger partial charge in [-0.25, -0.2) is 9.78 Å². The molecule has 0 aliphatic carbocycles. The summed E-state index contributed by atoms with van der Waals surface area (Å²) < 4.78 is 5.30. The number of aromatic amines is 1. The smallest absolute Gasteiger partial charge is 0.412 e. The Morgan fingerprint density at radius 2 is 2.00 bits per heavy atom. The normalized spacial score (nSPS) is 16.2. The standard InChI is InChI=1S/C22H25N5O3/c1-22(2,3)30-21(29)25-14-8-7-12-10-17(24-11-13(12)9-14)20-26-16-6-4-5-15(19(23)28)18(16)27-20/h4-9,17,24H,10-11H2,1-3H3,(H2,23,28)(H,25,29)(H,26,27). The molecule has 1 atom stereocenters. The molecule has 0 fully saturated rings. The summed E-state index contributed by atoms with van der Waals surface area (Å²) in [6.45, 7) is 6.11. The lowest BCUT2D eigenvalue weighted by Gasteiger charge is -2.25. The largest absolute Gasteiger partial charge is 0.444 e. The Morgan fingerprint density at radius 1 is 1.20 bits per heavy atom. The fraction of sp³-hybridized carbons (Fsp3) is 0.318. The molecule has 3 aromatic rings. The van der Waals surface area contributed by atoms with Crippen molar-refractivity contribution in [2.24, 2.45) is 5.73 Å². The number of aromatic nitrogens is 2. The van der Waals surface area contributed by atoms with E-state index in [1.807, 2.05) is 45.0 Å². The van der Waals surface area contributed by atoms with Crippen LogP contribution in [0.2, 0.25) is 0 Å². The molecule has 30 heavy (non-hydrogen) atoms. The summed E-state index contributed by atoms with van der Waals surface area (Å²) in [6, 6.07) is 11.2. The van der Waals surface area contributed by atoms with Crippen molar-refractivity contribution in [1.82, 2.24) is 15.3 Å². The summed E-state index contributed by atoms with van der Waals surface area (Å²) in [5.41, 5.74) is 9.66. The number of fused-ring (bicyclic) bond motifs is 2. The number of imidazole rings is 1. The summed E-state index contributed by atoms with van der Waals surface area (Å²) >= 11 is 0. The van der Waals surface area contributed by atoms with Crippen LogP contribution in [0.5, 0.6) is 0 Å². The van der Waals surface area contributed by atoms with E-state index in [9.17, 15) is 9.59 Å². The van der Waals surface area contributed by atoms with Gasteiger partial charge in [0.2, 0.25) is 0 Å². The lowest BCUT2D eigenvalue weighted by Crippen LogP contribution is -2.30. The highest BCUT2D eigenvalue weighted by atomic mass is 16.6. The van der Waals surface area contributed by atoms with Crippen LogP contribution in [0.3, 0.4) is 0 Å². The highest BCUT2D eigenvalue weighted by Gasteiger charge is 2.24. The van der Waals surface area contributed by atoms with Crippen LogP contribution in [-0.2, 0) is 17.7 Å². The molecular formula is C22H25N5O3. The number of nitrogens with zero attached hydrogens (tertiary/aromatic N) is 1. The highest BCUT2D eigenvalue weighted by Crippen LogP contribution is 2.28. The van der Waals surface area contributed by atoms with Crippen molar-refractivity contribution in [3.05, 3.63) is 58.9 Å². The number of primary amides is 1. The average molecular weight is 407 g/mol. The zero-order valence-electron chi connectivity index (χ0n) is 17.2. The minimum Gasteiger partial charge on any atom is -0.444 e. The molecule has 2 heterocycles. The van der Waals surface area contributed by atoms with Gasteiger partial charge in [-0.3, -0.25) is 10.1 Å². The third-order valence-electron chi connectivity index (χ3n) is 4.94. The first-order valence-electron chi connectivity index (χ1n) is 9.83. The summed E-state index contributed by atoms with van der Waals surface area (Å²) in [6.07, 6.45) is 0.255. The maximum absolute atomic E-state index is 12.0. The van der Waals surface area contributed by atoms with Gasteiger partial charge < -0.3 is 20.8 Å². The van der Waals surface area contributed by atoms with Crippen LogP contribution < -0.4 is 16.4 Å². The van der Waals surface area contributed by atoms with Gasteiger partial charge in [-0.2, -0.15) is 0 Å². The van der Waals surface area contributed by atoms with E-state index in [0.717, 1.165) is 23.3 Å². The molecular weight excluding hydrogens is 382 g/mol. The van der Waals surface area contributed by atoms with Crippen molar-refractivity contribution < 1.29 is 14.3 Å². The third kappa shape index (κ3) is 4.13. The summed E-state index contributed by atoms with van der Waals surface area (Å²) in [7, 11) is 0. The molecule has 5 N–H and O–H groups in total. The molecule has 1 aliphatic heterocycles. The molecule has 0 saturated heterocycles. The maximum atomic E-state index is 12.0. The zero-order chi connectivity index (χ0) is 21.5. The molecule has 1 aliphatic rings. The molecule has 8 nitrogen and oxygen atoms in total. The topological polar surface area (TPSA) is 122 Å². The van der Waals surface area contributed by atoms with Crippen molar-refractivity contribution in [2.45, 2.75) is 45.4 Å². The van der Waals surface area contributed by atoms with Gasteiger partial charge in [-0.15, -0.1) is 0 Å². The second-order valence-electron chi connectivity index (χ2n) is 8.44. The van der Waals surface area contributed by atoms with E-state index in [2.05, 4.69) is 20.6 Å². The SMILES string of the molecule is CC(C)(C)OC(=O)Nc1ccc2c(c1)CNC(c1nc3c(C(N)=O)cccc3[nH]1)C2. The number of hydrogen-bond donors (Lipinski definition) is 4. The molecule has 8 heteroatoms. The molecule has 0 spiro atoms. The Bertz CT molecular complexity index is 1130. The second kappa shape index (κ2) is 7.46. The van der Waals surface area contributed by atoms with Crippen LogP contribution in [0.1, 0.15) is 54.1 Å². The van der Waals surface area contributed by atoms with Crippen molar-refractivity contribution >= 4 is 28.7 Å². The first-order chi connectivity index (χ1) is 14.2. The number of amides is 2. The van der Waals surface area contributed by atoms with Gasteiger partial charge in [0.05, 0.1) is 17.1 Å².